The van der Waals surface area contributed by atoms with Crippen molar-refractivity contribution in [3.8, 4) is 0 Å². The van der Waals surface area contributed by atoms with Gasteiger partial charge in [-0.25, -0.2) is 4.39 Å². The quantitative estimate of drug-likeness (QED) is 0.776. The van der Waals surface area contributed by atoms with Gasteiger partial charge in [-0.05, 0) is 48.6 Å². The number of piperazine rings is 1. The number of nitrogens with one attached hydrogen (secondary N) is 2. The Morgan fingerprint density at radius 3 is 2.25 bits per heavy atom. The van der Waals surface area contributed by atoms with Gasteiger partial charge in [0.05, 0.1) is 5.56 Å². The zero-order chi connectivity index (χ0) is 20.1. The van der Waals surface area contributed by atoms with E-state index in [9.17, 15) is 14.0 Å². The lowest BCUT2D eigenvalue weighted by Gasteiger charge is -2.36. The molecule has 0 bridgehead atoms. The number of anilines is 2. The molecule has 0 spiro atoms. The van der Waals surface area contributed by atoms with E-state index in [4.69, 9.17) is 12.2 Å². The highest BCUT2D eigenvalue weighted by molar-refractivity contribution is 7.80. The van der Waals surface area contributed by atoms with Gasteiger partial charge in [-0.1, -0.05) is 12.1 Å². The first kappa shape index (κ1) is 19.8. The molecule has 0 saturated carbocycles. The van der Waals surface area contributed by atoms with Crippen LogP contribution in [0.5, 0.6) is 0 Å². The zero-order valence-electron chi connectivity index (χ0n) is 15.4. The van der Waals surface area contributed by atoms with E-state index in [1.54, 1.807) is 17.0 Å². The summed E-state index contributed by atoms with van der Waals surface area (Å²) in [6.45, 7) is 3.78. The SMILES string of the molecule is CC(=O)NC(=S)Nc1ccc(N2CCN(C(=O)c3ccccc3F)CC2)cc1. The Morgan fingerprint density at radius 1 is 1.00 bits per heavy atom. The van der Waals surface area contributed by atoms with Crippen LogP contribution in [0, 0.1) is 5.82 Å². The lowest BCUT2D eigenvalue weighted by Crippen LogP contribution is -2.49. The first-order valence-corrected chi connectivity index (χ1v) is 9.32. The molecular formula is C20H21FN4O2S. The Hall–Kier alpha value is -3.00. The summed E-state index contributed by atoms with van der Waals surface area (Å²) >= 11 is 5.04. The summed E-state index contributed by atoms with van der Waals surface area (Å²) in [6.07, 6.45) is 0. The van der Waals surface area contributed by atoms with Crippen LogP contribution in [0.15, 0.2) is 48.5 Å². The number of benzene rings is 2. The van der Waals surface area contributed by atoms with E-state index in [-0.39, 0.29) is 22.5 Å². The molecule has 3 rings (SSSR count). The highest BCUT2D eigenvalue weighted by atomic mass is 32.1. The number of carbonyl (C=O) groups excluding carboxylic acids is 2. The van der Waals surface area contributed by atoms with Crippen LogP contribution in [0.25, 0.3) is 0 Å². The summed E-state index contributed by atoms with van der Waals surface area (Å²) < 4.78 is 13.8. The molecule has 2 N–H and O–H groups in total. The average Bonchev–Trinajstić information content (AvgIpc) is 2.68. The van der Waals surface area contributed by atoms with Gasteiger partial charge < -0.3 is 20.4 Å². The van der Waals surface area contributed by atoms with Gasteiger partial charge in [-0.15, -0.1) is 0 Å². The molecule has 2 amide bonds. The van der Waals surface area contributed by atoms with E-state index >= 15 is 0 Å². The van der Waals surface area contributed by atoms with Crippen molar-refractivity contribution in [2.75, 3.05) is 36.4 Å². The van der Waals surface area contributed by atoms with Gasteiger partial charge in [0.2, 0.25) is 5.91 Å². The maximum absolute atomic E-state index is 13.8. The molecular weight excluding hydrogens is 379 g/mol. The van der Waals surface area contributed by atoms with Gasteiger partial charge in [-0.3, -0.25) is 9.59 Å². The van der Waals surface area contributed by atoms with E-state index in [0.717, 1.165) is 11.4 Å². The number of nitrogens with zero attached hydrogens (tertiary/aromatic N) is 2. The molecule has 0 atom stereocenters. The first-order valence-electron chi connectivity index (χ1n) is 8.91. The third-order valence-electron chi connectivity index (χ3n) is 4.45. The summed E-state index contributed by atoms with van der Waals surface area (Å²) in [6, 6.07) is 13.7. The normalized spacial score (nSPS) is 13.8. The van der Waals surface area contributed by atoms with E-state index in [1.807, 2.05) is 24.3 Å². The number of thiocarbonyl (C=S) groups is 1. The van der Waals surface area contributed by atoms with Crippen LogP contribution in [0.4, 0.5) is 15.8 Å². The molecule has 1 fully saturated rings. The minimum Gasteiger partial charge on any atom is -0.368 e. The van der Waals surface area contributed by atoms with Crippen LogP contribution in [-0.2, 0) is 4.79 Å². The maximum Gasteiger partial charge on any atom is 0.256 e. The Labute approximate surface area is 168 Å². The van der Waals surface area contributed by atoms with Gasteiger partial charge in [0, 0.05) is 44.5 Å². The molecule has 28 heavy (non-hydrogen) atoms. The molecule has 1 saturated heterocycles. The summed E-state index contributed by atoms with van der Waals surface area (Å²) in [7, 11) is 0. The lowest BCUT2D eigenvalue weighted by molar-refractivity contribution is -0.117. The van der Waals surface area contributed by atoms with Gasteiger partial charge in [0.15, 0.2) is 5.11 Å². The third-order valence-corrected chi connectivity index (χ3v) is 4.66. The molecule has 2 aromatic carbocycles. The van der Waals surface area contributed by atoms with Crippen LogP contribution >= 0.6 is 12.2 Å². The monoisotopic (exact) mass is 400 g/mol. The number of rotatable bonds is 3. The fourth-order valence-corrected chi connectivity index (χ4v) is 3.31. The smallest absolute Gasteiger partial charge is 0.256 e. The molecule has 0 radical (unpaired) electrons. The fraction of sp³-hybridized carbons (Fsp3) is 0.250. The molecule has 8 heteroatoms. The zero-order valence-corrected chi connectivity index (χ0v) is 16.3. The molecule has 6 nitrogen and oxygen atoms in total. The summed E-state index contributed by atoms with van der Waals surface area (Å²) in [5.41, 5.74) is 1.91. The van der Waals surface area contributed by atoms with Crippen molar-refractivity contribution < 1.29 is 14.0 Å². The number of hydrogen-bond acceptors (Lipinski definition) is 4. The third kappa shape index (κ3) is 4.83. The molecule has 1 aliphatic rings. The van der Waals surface area contributed by atoms with E-state index < -0.39 is 5.82 Å². The predicted molar refractivity (Wildman–Crippen MR) is 111 cm³/mol. The van der Waals surface area contributed by atoms with Crippen molar-refractivity contribution in [1.82, 2.24) is 10.2 Å². The van der Waals surface area contributed by atoms with Gasteiger partial charge in [-0.2, -0.15) is 0 Å². The highest BCUT2D eigenvalue weighted by Gasteiger charge is 2.24. The highest BCUT2D eigenvalue weighted by Crippen LogP contribution is 2.20. The molecule has 0 aromatic heterocycles. The van der Waals surface area contributed by atoms with Crippen molar-refractivity contribution >= 4 is 40.5 Å². The van der Waals surface area contributed by atoms with Crippen LogP contribution in [-0.4, -0.2) is 48.0 Å². The second-order valence-corrected chi connectivity index (χ2v) is 6.85. The average molecular weight is 400 g/mol. The van der Waals surface area contributed by atoms with Crippen molar-refractivity contribution in [1.29, 1.82) is 0 Å². The van der Waals surface area contributed by atoms with Gasteiger partial charge in [0.25, 0.3) is 5.91 Å². The molecule has 0 unspecified atom stereocenters. The Bertz CT molecular complexity index is 880. The van der Waals surface area contributed by atoms with Crippen molar-refractivity contribution in [2.45, 2.75) is 6.92 Å². The first-order chi connectivity index (χ1) is 13.4. The largest absolute Gasteiger partial charge is 0.368 e. The summed E-state index contributed by atoms with van der Waals surface area (Å²) in [5, 5.41) is 5.70. The number of amides is 2. The number of hydrogen-bond donors (Lipinski definition) is 2. The fourth-order valence-electron chi connectivity index (χ4n) is 3.05. The minimum absolute atomic E-state index is 0.113. The van der Waals surface area contributed by atoms with Crippen molar-refractivity contribution in [3.63, 3.8) is 0 Å². The van der Waals surface area contributed by atoms with Crippen molar-refractivity contribution in [2.24, 2.45) is 0 Å². The van der Waals surface area contributed by atoms with Gasteiger partial charge in [0.1, 0.15) is 5.82 Å². The maximum atomic E-state index is 13.8. The van der Waals surface area contributed by atoms with Crippen molar-refractivity contribution in [3.05, 3.63) is 59.9 Å². The van der Waals surface area contributed by atoms with E-state index in [0.29, 0.717) is 26.2 Å². The number of halogens is 1. The summed E-state index contributed by atoms with van der Waals surface area (Å²) in [4.78, 5) is 27.3. The second-order valence-electron chi connectivity index (χ2n) is 6.44. The molecule has 146 valence electrons. The minimum atomic E-state index is -0.491. The van der Waals surface area contributed by atoms with Crippen LogP contribution in [0.3, 0.4) is 0 Å². The van der Waals surface area contributed by atoms with Crippen LogP contribution < -0.4 is 15.5 Å². The molecule has 0 aliphatic carbocycles. The lowest BCUT2D eigenvalue weighted by atomic mass is 10.1. The van der Waals surface area contributed by atoms with Crippen LogP contribution in [0.1, 0.15) is 17.3 Å². The second kappa shape index (κ2) is 8.79. The predicted octanol–water partition coefficient (Wildman–Crippen LogP) is 2.62. The topological polar surface area (TPSA) is 64.7 Å². The Kier molecular flexibility index (Phi) is 6.20. The van der Waals surface area contributed by atoms with E-state index in [1.165, 1.54) is 19.1 Å². The van der Waals surface area contributed by atoms with Crippen LogP contribution in [0.2, 0.25) is 0 Å². The summed E-state index contributed by atoms with van der Waals surface area (Å²) in [5.74, 6) is -0.990. The molecule has 1 aliphatic heterocycles. The number of carbonyl (C=O) groups is 2. The van der Waals surface area contributed by atoms with Gasteiger partial charge >= 0.3 is 0 Å². The Balaban J connectivity index is 1.56. The molecule has 2 aromatic rings. The molecule has 1 heterocycles. The van der Waals surface area contributed by atoms with E-state index in [2.05, 4.69) is 15.5 Å². The Morgan fingerprint density at radius 2 is 1.64 bits per heavy atom. The standard InChI is InChI=1S/C20H21FN4O2S/c1-14(26)22-20(28)23-15-6-8-16(9-7-15)24-10-12-25(13-11-24)19(27)17-4-2-3-5-18(17)21/h2-9H,10-13H2,1H3,(H2,22,23,26,28).